The number of halogens is 1. The molecule has 0 saturated carbocycles. The van der Waals surface area contributed by atoms with Crippen LogP contribution in [-0.4, -0.2) is 52.7 Å². The molecule has 0 N–H and O–H groups in total. The number of ether oxygens (including phenoxy) is 2. The molecule has 0 radical (unpaired) electrons. The van der Waals surface area contributed by atoms with E-state index in [-0.39, 0.29) is 11.8 Å². The highest BCUT2D eigenvalue weighted by atomic mass is 35.5. The first-order valence-electron chi connectivity index (χ1n) is 6.42. The first-order chi connectivity index (χ1) is 8.59. The van der Waals surface area contributed by atoms with E-state index in [2.05, 4.69) is 0 Å². The van der Waals surface area contributed by atoms with Gasteiger partial charge in [0.05, 0.1) is 11.5 Å². The standard InChI is InChI=1S/C12H23ClO4S/c1-16-5-2-6-17-7-3-11(9-13)12-4-8-18(14,15)10-12/h11-12H,2-10H2,1H3. The lowest BCUT2D eigenvalue weighted by Gasteiger charge is -2.19. The van der Waals surface area contributed by atoms with Crippen LogP contribution in [0.25, 0.3) is 0 Å². The zero-order valence-electron chi connectivity index (χ0n) is 10.9. The van der Waals surface area contributed by atoms with Gasteiger partial charge in [-0.3, -0.25) is 0 Å². The Morgan fingerprint density at radius 2 is 2.11 bits per heavy atom. The van der Waals surface area contributed by atoms with E-state index in [0.717, 1.165) is 19.3 Å². The second kappa shape index (κ2) is 8.35. The van der Waals surface area contributed by atoms with Gasteiger partial charge in [-0.15, -0.1) is 11.6 Å². The number of hydrogen-bond acceptors (Lipinski definition) is 4. The Balaban J connectivity index is 2.18. The highest BCUT2D eigenvalue weighted by molar-refractivity contribution is 7.91. The number of hydrogen-bond donors (Lipinski definition) is 0. The predicted molar refractivity (Wildman–Crippen MR) is 72.9 cm³/mol. The van der Waals surface area contributed by atoms with Gasteiger partial charge >= 0.3 is 0 Å². The third-order valence-electron chi connectivity index (χ3n) is 3.40. The van der Waals surface area contributed by atoms with Crippen molar-refractivity contribution in [3.05, 3.63) is 0 Å². The lowest BCUT2D eigenvalue weighted by molar-refractivity contribution is 0.0910. The molecule has 18 heavy (non-hydrogen) atoms. The van der Waals surface area contributed by atoms with Crippen LogP contribution in [0.4, 0.5) is 0 Å². The molecule has 0 aromatic rings. The van der Waals surface area contributed by atoms with E-state index < -0.39 is 9.84 Å². The predicted octanol–water partition coefficient (Wildman–Crippen LogP) is 1.72. The van der Waals surface area contributed by atoms with Crippen molar-refractivity contribution >= 4 is 21.4 Å². The molecule has 1 saturated heterocycles. The summed E-state index contributed by atoms with van der Waals surface area (Å²) in [5, 5.41) is 0. The van der Waals surface area contributed by atoms with E-state index in [1.165, 1.54) is 0 Å². The molecule has 0 aromatic heterocycles. The van der Waals surface area contributed by atoms with E-state index in [4.69, 9.17) is 21.1 Å². The lowest BCUT2D eigenvalue weighted by atomic mass is 9.91. The Morgan fingerprint density at radius 3 is 2.67 bits per heavy atom. The number of alkyl halides is 1. The summed E-state index contributed by atoms with van der Waals surface area (Å²) >= 11 is 5.93. The van der Waals surface area contributed by atoms with Gasteiger partial charge in [-0.25, -0.2) is 8.42 Å². The Bertz CT molecular complexity index is 318. The van der Waals surface area contributed by atoms with Gasteiger partial charge in [-0.2, -0.15) is 0 Å². The molecule has 4 nitrogen and oxygen atoms in total. The quantitative estimate of drug-likeness (QED) is 0.480. The van der Waals surface area contributed by atoms with Crippen LogP contribution in [0, 0.1) is 11.8 Å². The molecule has 0 aromatic carbocycles. The number of rotatable bonds is 9. The fourth-order valence-corrected chi connectivity index (χ4v) is 4.60. The average Bonchev–Trinajstić information content (AvgIpc) is 2.69. The maximum atomic E-state index is 11.4. The first-order valence-corrected chi connectivity index (χ1v) is 8.77. The maximum Gasteiger partial charge on any atom is 0.150 e. The third-order valence-corrected chi connectivity index (χ3v) is 5.59. The van der Waals surface area contributed by atoms with Crippen LogP contribution in [0.1, 0.15) is 19.3 Å². The summed E-state index contributed by atoms with van der Waals surface area (Å²) in [7, 11) is -1.14. The van der Waals surface area contributed by atoms with E-state index in [1.54, 1.807) is 7.11 Å². The van der Waals surface area contributed by atoms with Crippen molar-refractivity contribution in [3.8, 4) is 0 Å². The van der Waals surface area contributed by atoms with E-state index >= 15 is 0 Å². The van der Waals surface area contributed by atoms with E-state index in [9.17, 15) is 8.42 Å². The van der Waals surface area contributed by atoms with Crippen molar-refractivity contribution in [1.29, 1.82) is 0 Å². The fraction of sp³-hybridized carbons (Fsp3) is 1.00. The highest BCUT2D eigenvalue weighted by Crippen LogP contribution is 2.29. The molecule has 0 bridgehead atoms. The summed E-state index contributed by atoms with van der Waals surface area (Å²) in [6.07, 6.45) is 2.49. The smallest absolute Gasteiger partial charge is 0.150 e. The second-order valence-electron chi connectivity index (χ2n) is 4.82. The van der Waals surface area contributed by atoms with Gasteiger partial charge in [0.25, 0.3) is 0 Å². The SMILES string of the molecule is COCCCOCCC(CCl)C1CCS(=O)(=O)C1. The number of methoxy groups -OCH3 is 1. The summed E-state index contributed by atoms with van der Waals surface area (Å²) in [6.45, 7) is 2.04. The van der Waals surface area contributed by atoms with Crippen molar-refractivity contribution in [1.82, 2.24) is 0 Å². The molecule has 1 rings (SSSR count). The van der Waals surface area contributed by atoms with Gasteiger partial charge < -0.3 is 9.47 Å². The molecular formula is C12H23ClO4S. The Labute approximate surface area is 115 Å². The van der Waals surface area contributed by atoms with Gasteiger partial charge in [0.2, 0.25) is 0 Å². The van der Waals surface area contributed by atoms with Crippen LogP contribution < -0.4 is 0 Å². The molecule has 1 heterocycles. The topological polar surface area (TPSA) is 52.6 Å². The minimum atomic E-state index is -2.81. The van der Waals surface area contributed by atoms with E-state index in [1.807, 2.05) is 0 Å². The van der Waals surface area contributed by atoms with Gasteiger partial charge in [0.1, 0.15) is 0 Å². The lowest BCUT2D eigenvalue weighted by Crippen LogP contribution is -2.20. The Morgan fingerprint density at radius 1 is 1.33 bits per heavy atom. The molecule has 2 atom stereocenters. The van der Waals surface area contributed by atoms with Crippen LogP contribution >= 0.6 is 11.6 Å². The van der Waals surface area contributed by atoms with Crippen LogP contribution in [-0.2, 0) is 19.3 Å². The van der Waals surface area contributed by atoms with Crippen LogP contribution in [0.2, 0.25) is 0 Å². The first kappa shape index (κ1) is 16.2. The molecule has 6 heteroatoms. The molecule has 108 valence electrons. The van der Waals surface area contributed by atoms with Crippen LogP contribution in [0.5, 0.6) is 0 Å². The number of sulfone groups is 1. The summed E-state index contributed by atoms with van der Waals surface area (Å²) in [6, 6.07) is 0. The largest absolute Gasteiger partial charge is 0.385 e. The highest BCUT2D eigenvalue weighted by Gasteiger charge is 2.32. The molecular weight excluding hydrogens is 276 g/mol. The summed E-state index contributed by atoms with van der Waals surface area (Å²) in [5.41, 5.74) is 0. The van der Waals surface area contributed by atoms with Crippen LogP contribution in [0.15, 0.2) is 0 Å². The van der Waals surface area contributed by atoms with Crippen molar-refractivity contribution < 1.29 is 17.9 Å². The van der Waals surface area contributed by atoms with Crippen molar-refractivity contribution in [2.24, 2.45) is 11.8 Å². The Hall–Kier alpha value is 0.160. The molecule has 1 aliphatic rings. The van der Waals surface area contributed by atoms with E-state index in [0.29, 0.717) is 37.2 Å². The molecule has 0 aliphatic carbocycles. The monoisotopic (exact) mass is 298 g/mol. The van der Waals surface area contributed by atoms with Crippen LogP contribution in [0.3, 0.4) is 0 Å². The Kier molecular flexibility index (Phi) is 7.53. The zero-order chi connectivity index (χ0) is 13.4. The molecule has 0 spiro atoms. The van der Waals surface area contributed by atoms with Crippen molar-refractivity contribution in [2.45, 2.75) is 19.3 Å². The summed E-state index contributed by atoms with van der Waals surface area (Å²) < 4.78 is 33.3. The van der Waals surface area contributed by atoms with Gasteiger partial charge in [0.15, 0.2) is 9.84 Å². The minimum absolute atomic E-state index is 0.218. The zero-order valence-corrected chi connectivity index (χ0v) is 12.5. The van der Waals surface area contributed by atoms with Crippen molar-refractivity contribution in [2.75, 3.05) is 44.3 Å². The molecule has 2 unspecified atom stereocenters. The molecule has 0 amide bonds. The maximum absolute atomic E-state index is 11.4. The fourth-order valence-electron chi connectivity index (χ4n) is 2.28. The van der Waals surface area contributed by atoms with Gasteiger partial charge in [0, 0.05) is 32.8 Å². The van der Waals surface area contributed by atoms with Gasteiger partial charge in [-0.05, 0) is 31.1 Å². The average molecular weight is 299 g/mol. The molecule has 1 aliphatic heterocycles. The van der Waals surface area contributed by atoms with Crippen molar-refractivity contribution in [3.63, 3.8) is 0 Å². The minimum Gasteiger partial charge on any atom is -0.385 e. The summed E-state index contributed by atoms with van der Waals surface area (Å²) in [5.74, 6) is 1.61. The normalized spacial score (nSPS) is 24.2. The molecule has 1 fully saturated rings. The second-order valence-corrected chi connectivity index (χ2v) is 7.36. The summed E-state index contributed by atoms with van der Waals surface area (Å²) in [4.78, 5) is 0. The van der Waals surface area contributed by atoms with Gasteiger partial charge in [-0.1, -0.05) is 0 Å². The third kappa shape index (κ3) is 5.87.